The largest absolute Gasteiger partial charge is 0.456 e. The SMILES string of the molecule is CC(C)(C)c1cccc(-c2ccc3oc4cc(-c5nc(-c6ccc7c(c6)-c6cccc8cccc-7c68)nc(-c6ccc7oc8c9ccccc9ccc8c7c6)n5)ccc4c3c2)c1. The summed E-state index contributed by atoms with van der Waals surface area (Å²) in [5.41, 5.74) is 14.6. The molecule has 0 atom stereocenters. The molecule has 0 fully saturated rings. The lowest BCUT2D eigenvalue weighted by atomic mass is 9.85. The highest BCUT2D eigenvalue weighted by atomic mass is 16.3. The third kappa shape index (κ3) is 5.31. The summed E-state index contributed by atoms with van der Waals surface area (Å²) in [6.45, 7) is 6.75. The summed E-state index contributed by atoms with van der Waals surface area (Å²) in [7, 11) is 0. The Morgan fingerprint density at radius 1 is 0.355 bits per heavy atom. The van der Waals surface area contributed by atoms with Gasteiger partial charge in [0, 0.05) is 43.6 Å². The molecule has 0 spiro atoms. The van der Waals surface area contributed by atoms with Crippen LogP contribution in [0, 0.1) is 0 Å². The van der Waals surface area contributed by atoms with Crippen LogP contribution in [0.3, 0.4) is 0 Å². The van der Waals surface area contributed by atoms with Crippen molar-refractivity contribution in [1.82, 2.24) is 15.0 Å². The number of hydrogen-bond donors (Lipinski definition) is 0. The summed E-state index contributed by atoms with van der Waals surface area (Å²) in [5.74, 6) is 1.76. The van der Waals surface area contributed by atoms with E-state index in [9.17, 15) is 0 Å². The van der Waals surface area contributed by atoms with Crippen LogP contribution in [0.15, 0.2) is 179 Å². The van der Waals surface area contributed by atoms with E-state index in [0.717, 1.165) is 76.9 Å². The molecule has 0 bridgehead atoms. The first-order valence-electron chi connectivity index (χ1n) is 21.2. The first kappa shape index (κ1) is 34.9. The molecule has 13 rings (SSSR count). The van der Waals surface area contributed by atoms with Crippen LogP contribution in [-0.4, -0.2) is 15.0 Å². The summed E-state index contributed by atoms with van der Waals surface area (Å²) in [5, 5.41) is 8.96. The van der Waals surface area contributed by atoms with E-state index in [1.165, 1.54) is 44.2 Å². The summed E-state index contributed by atoms with van der Waals surface area (Å²) in [6, 6.07) is 60.2. The van der Waals surface area contributed by atoms with Crippen molar-refractivity contribution in [2.24, 2.45) is 0 Å². The van der Waals surface area contributed by atoms with Crippen molar-refractivity contribution in [1.29, 1.82) is 0 Å². The molecule has 12 aromatic rings. The van der Waals surface area contributed by atoms with Gasteiger partial charge in [-0.2, -0.15) is 0 Å². The highest BCUT2D eigenvalue weighted by Gasteiger charge is 2.23. The molecule has 5 nitrogen and oxygen atoms in total. The first-order chi connectivity index (χ1) is 30.3. The molecule has 0 radical (unpaired) electrons. The molecule has 1 aliphatic rings. The molecule has 0 unspecified atom stereocenters. The molecule has 0 saturated heterocycles. The average molecular weight is 796 g/mol. The fourth-order valence-electron chi connectivity index (χ4n) is 9.60. The highest BCUT2D eigenvalue weighted by Crippen LogP contribution is 2.48. The molecular formula is C57H37N3O2. The van der Waals surface area contributed by atoms with E-state index in [0.29, 0.717) is 17.5 Å². The van der Waals surface area contributed by atoms with Gasteiger partial charge in [0.05, 0.1) is 0 Å². The Morgan fingerprint density at radius 2 is 0.952 bits per heavy atom. The van der Waals surface area contributed by atoms with Gasteiger partial charge >= 0.3 is 0 Å². The summed E-state index contributed by atoms with van der Waals surface area (Å²) >= 11 is 0. The highest BCUT2D eigenvalue weighted by molar-refractivity contribution is 6.17. The Labute approximate surface area is 357 Å². The summed E-state index contributed by atoms with van der Waals surface area (Å²) in [4.78, 5) is 15.6. The standard InChI is InChI=1S/C57H37N3O2/c1-57(2,3)39-13-6-12-34(27-39)35-20-25-49-47(28-35)42-23-19-38(31-51(42)61-49)56-59-54(36-18-22-41-43-15-7-10-33-11-8-16-44(52(33)43)46(41)29-36)58-55(60-56)37-21-26-50-48(30-37)45-24-17-32-9-4-5-14-40(32)53(45)62-50/h4-31H,1-3H3. The van der Waals surface area contributed by atoms with E-state index in [1.807, 2.05) is 12.1 Å². The third-order valence-electron chi connectivity index (χ3n) is 12.8. The zero-order valence-electron chi connectivity index (χ0n) is 34.3. The van der Waals surface area contributed by atoms with Gasteiger partial charge in [-0.3, -0.25) is 0 Å². The maximum absolute atomic E-state index is 6.55. The second kappa shape index (κ2) is 12.8. The van der Waals surface area contributed by atoms with Gasteiger partial charge in [-0.1, -0.05) is 136 Å². The number of benzene rings is 9. The van der Waals surface area contributed by atoms with Gasteiger partial charge in [-0.25, -0.2) is 15.0 Å². The van der Waals surface area contributed by atoms with Crippen molar-refractivity contribution in [3.63, 3.8) is 0 Å². The van der Waals surface area contributed by atoms with Crippen molar-refractivity contribution in [3.05, 3.63) is 175 Å². The summed E-state index contributed by atoms with van der Waals surface area (Å²) in [6.07, 6.45) is 0. The van der Waals surface area contributed by atoms with Gasteiger partial charge in [0.1, 0.15) is 22.3 Å². The minimum absolute atomic E-state index is 0.0599. The number of furan rings is 2. The minimum Gasteiger partial charge on any atom is -0.456 e. The van der Waals surface area contributed by atoms with Gasteiger partial charge in [-0.05, 0) is 115 Å². The van der Waals surface area contributed by atoms with E-state index in [2.05, 4.69) is 178 Å². The van der Waals surface area contributed by atoms with Crippen LogP contribution in [0.25, 0.3) is 133 Å². The smallest absolute Gasteiger partial charge is 0.164 e. The molecular weight excluding hydrogens is 759 g/mol. The molecule has 3 aromatic heterocycles. The van der Waals surface area contributed by atoms with Crippen molar-refractivity contribution < 1.29 is 8.83 Å². The first-order valence-corrected chi connectivity index (χ1v) is 21.2. The van der Waals surface area contributed by atoms with Gasteiger partial charge in [0.2, 0.25) is 0 Å². The van der Waals surface area contributed by atoms with Crippen molar-refractivity contribution >= 4 is 65.4 Å². The maximum atomic E-state index is 6.55. The van der Waals surface area contributed by atoms with Crippen LogP contribution in [0.2, 0.25) is 0 Å². The number of nitrogens with zero attached hydrogens (tertiary/aromatic N) is 3. The quantitative estimate of drug-likeness (QED) is 0.177. The number of hydrogen-bond acceptors (Lipinski definition) is 5. The van der Waals surface area contributed by atoms with Crippen LogP contribution < -0.4 is 0 Å². The number of aromatic nitrogens is 3. The minimum atomic E-state index is 0.0599. The average Bonchev–Trinajstić information content (AvgIpc) is 3.98. The van der Waals surface area contributed by atoms with Crippen molar-refractivity contribution in [2.75, 3.05) is 0 Å². The Balaban J connectivity index is 0.970. The molecule has 0 aliphatic heterocycles. The van der Waals surface area contributed by atoms with Gasteiger partial charge in [0.25, 0.3) is 0 Å². The Hall–Kier alpha value is -7.89. The van der Waals surface area contributed by atoms with E-state index in [4.69, 9.17) is 23.8 Å². The van der Waals surface area contributed by atoms with Gasteiger partial charge < -0.3 is 8.83 Å². The van der Waals surface area contributed by atoms with Crippen molar-refractivity contribution in [3.8, 4) is 67.5 Å². The number of rotatable bonds is 4. The Morgan fingerprint density at radius 3 is 1.76 bits per heavy atom. The topological polar surface area (TPSA) is 65.0 Å². The lowest BCUT2D eigenvalue weighted by Crippen LogP contribution is -2.10. The zero-order chi connectivity index (χ0) is 41.3. The van der Waals surface area contributed by atoms with E-state index < -0.39 is 0 Å². The number of fused-ring (bicyclic) bond motifs is 11. The molecule has 0 amide bonds. The molecule has 1 aliphatic carbocycles. The molecule has 0 saturated carbocycles. The van der Waals surface area contributed by atoms with Gasteiger partial charge in [0.15, 0.2) is 17.5 Å². The van der Waals surface area contributed by atoms with Crippen molar-refractivity contribution in [2.45, 2.75) is 26.2 Å². The molecule has 62 heavy (non-hydrogen) atoms. The van der Waals surface area contributed by atoms with Gasteiger partial charge in [-0.15, -0.1) is 0 Å². The van der Waals surface area contributed by atoms with E-state index in [-0.39, 0.29) is 5.41 Å². The lowest BCUT2D eigenvalue weighted by Gasteiger charge is -2.19. The zero-order valence-corrected chi connectivity index (χ0v) is 34.3. The monoisotopic (exact) mass is 795 g/mol. The summed E-state index contributed by atoms with van der Waals surface area (Å²) < 4.78 is 13.0. The van der Waals surface area contributed by atoms with Crippen LogP contribution in [-0.2, 0) is 5.41 Å². The normalized spacial score (nSPS) is 12.4. The molecule has 9 aromatic carbocycles. The van der Waals surface area contributed by atoms with Crippen LogP contribution in [0.5, 0.6) is 0 Å². The van der Waals surface area contributed by atoms with Crippen LogP contribution in [0.1, 0.15) is 26.3 Å². The predicted octanol–water partition coefficient (Wildman–Crippen LogP) is 15.6. The lowest BCUT2D eigenvalue weighted by molar-refractivity contribution is 0.590. The predicted molar refractivity (Wildman–Crippen MR) is 254 cm³/mol. The second-order valence-electron chi connectivity index (χ2n) is 17.6. The molecule has 292 valence electrons. The Bertz CT molecular complexity index is 3860. The maximum Gasteiger partial charge on any atom is 0.164 e. The fraction of sp³-hybridized carbons (Fsp3) is 0.0702. The van der Waals surface area contributed by atoms with Crippen LogP contribution >= 0.6 is 0 Å². The second-order valence-corrected chi connectivity index (χ2v) is 17.6. The van der Waals surface area contributed by atoms with Crippen LogP contribution in [0.4, 0.5) is 0 Å². The molecule has 5 heteroatoms. The fourth-order valence-corrected chi connectivity index (χ4v) is 9.60. The molecule has 3 heterocycles. The molecule has 0 N–H and O–H groups in total. The van der Waals surface area contributed by atoms with E-state index in [1.54, 1.807) is 0 Å². The van der Waals surface area contributed by atoms with E-state index >= 15 is 0 Å². The Kier molecular flexibility index (Phi) is 7.21. The third-order valence-corrected chi connectivity index (χ3v) is 12.8.